The Bertz CT molecular complexity index is 519. The number of fused-ring (bicyclic) bond motifs is 1. The summed E-state index contributed by atoms with van der Waals surface area (Å²) in [6.07, 6.45) is 0. The van der Waals surface area contributed by atoms with Crippen molar-refractivity contribution in [2.24, 2.45) is 0 Å². The predicted molar refractivity (Wildman–Crippen MR) is 51.8 cm³/mol. The summed E-state index contributed by atoms with van der Waals surface area (Å²) in [5, 5.41) is 31.4. The Hall–Kier alpha value is -1.82. The number of rotatable bonds is 1. The van der Waals surface area contributed by atoms with E-state index in [-0.39, 0.29) is 0 Å². The van der Waals surface area contributed by atoms with Gasteiger partial charge in [0.15, 0.2) is 5.75 Å². The van der Waals surface area contributed by atoms with Crippen LogP contribution < -0.4 is 0 Å². The van der Waals surface area contributed by atoms with Crippen molar-refractivity contribution in [3.63, 3.8) is 0 Å². The van der Waals surface area contributed by atoms with Crippen molar-refractivity contribution in [2.75, 3.05) is 0 Å². The summed E-state index contributed by atoms with van der Waals surface area (Å²) >= 11 is 1.29. The maximum absolute atomic E-state index is 10.5. The molecular formula is C8H5NO4S. The number of benzene rings is 1. The minimum Gasteiger partial charge on any atom is -0.502 e. The summed E-state index contributed by atoms with van der Waals surface area (Å²) in [7, 11) is 0. The lowest BCUT2D eigenvalue weighted by molar-refractivity contribution is -0.386. The van der Waals surface area contributed by atoms with Crippen LogP contribution in [-0.4, -0.2) is 15.1 Å². The first-order valence-electron chi connectivity index (χ1n) is 3.68. The summed E-state index contributed by atoms with van der Waals surface area (Å²) in [5.74, 6) is -0.992. The quantitative estimate of drug-likeness (QED) is 0.559. The molecule has 0 fully saturated rings. The fraction of sp³-hybridized carbons (Fsp3) is 0. The van der Waals surface area contributed by atoms with E-state index < -0.39 is 22.1 Å². The van der Waals surface area contributed by atoms with Gasteiger partial charge in [0.05, 0.1) is 4.92 Å². The summed E-state index contributed by atoms with van der Waals surface area (Å²) in [6, 6.07) is 2.85. The molecule has 0 bridgehead atoms. The van der Waals surface area contributed by atoms with E-state index in [0.29, 0.717) is 10.1 Å². The molecule has 2 rings (SSSR count). The molecule has 72 valence electrons. The Balaban J connectivity index is 2.89. The van der Waals surface area contributed by atoms with Crippen LogP contribution in [0.25, 0.3) is 10.1 Å². The average Bonchev–Trinajstić information content (AvgIpc) is 2.50. The van der Waals surface area contributed by atoms with E-state index in [0.717, 1.165) is 0 Å². The number of phenols is 2. The zero-order valence-corrected chi connectivity index (χ0v) is 7.61. The Labute approximate surface area is 82.0 Å². The zero-order valence-electron chi connectivity index (χ0n) is 6.80. The molecule has 0 aliphatic carbocycles. The maximum atomic E-state index is 10.5. The number of thiophene rings is 1. The molecule has 0 radical (unpaired) electrons. The molecule has 6 heteroatoms. The van der Waals surface area contributed by atoms with Crippen molar-refractivity contribution in [3.05, 3.63) is 27.6 Å². The third-order valence-corrected chi connectivity index (χ3v) is 2.73. The summed E-state index contributed by atoms with van der Waals surface area (Å²) in [4.78, 5) is 9.69. The third-order valence-electron chi connectivity index (χ3n) is 1.87. The van der Waals surface area contributed by atoms with Crippen LogP contribution in [0.1, 0.15) is 0 Å². The molecule has 0 aliphatic rings. The van der Waals surface area contributed by atoms with Gasteiger partial charge in [0.1, 0.15) is 0 Å². The first-order chi connectivity index (χ1) is 6.61. The maximum Gasteiger partial charge on any atom is 0.352 e. The van der Waals surface area contributed by atoms with Crippen LogP contribution in [0.5, 0.6) is 11.5 Å². The third kappa shape index (κ3) is 1.08. The van der Waals surface area contributed by atoms with Crippen LogP contribution >= 0.6 is 11.3 Å². The molecule has 0 spiro atoms. The van der Waals surface area contributed by atoms with E-state index in [2.05, 4.69) is 0 Å². The topological polar surface area (TPSA) is 83.6 Å². The zero-order chi connectivity index (χ0) is 10.3. The summed E-state index contributed by atoms with van der Waals surface area (Å²) in [5.41, 5.74) is -0.643. The van der Waals surface area contributed by atoms with Gasteiger partial charge in [0, 0.05) is 16.2 Å². The van der Waals surface area contributed by atoms with E-state index >= 15 is 0 Å². The van der Waals surface area contributed by atoms with Gasteiger partial charge in [-0.15, -0.1) is 11.3 Å². The van der Waals surface area contributed by atoms with Gasteiger partial charge in [-0.2, -0.15) is 0 Å². The van der Waals surface area contributed by atoms with Crippen molar-refractivity contribution in [1.82, 2.24) is 0 Å². The largest absolute Gasteiger partial charge is 0.502 e. The van der Waals surface area contributed by atoms with Gasteiger partial charge in [0.2, 0.25) is 5.75 Å². The molecule has 2 N–H and O–H groups in total. The average molecular weight is 211 g/mol. The number of hydrogen-bond acceptors (Lipinski definition) is 5. The fourth-order valence-electron chi connectivity index (χ4n) is 1.25. The summed E-state index contributed by atoms with van der Waals surface area (Å²) in [6.45, 7) is 0. The van der Waals surface area contributed by atoms with Crippen LogP contribution in [0, 0.1) is 10.1 Å². The molecule has 1 heterocycles. The van der Waals surface area contributed by atoms with Gasteiger partial charge in [-0.25, -0.2) is 0 Å². The molecule has 5 nitrogen and oxygen atoms in total. The first kappa shape index (κ1) is 8.76. The van der Waals surface area contributed by atoms with Gasteiger partial charge in [-0.1, -0.05) is 0 Å². The van der Waals surface area contributed by atoms with E-state index in [1.54, 1.807) is 11.4 Å². The summed E-state index contributed by atoms with van der Waals surface area (Å²) < 4.78 is 0.616. The highest BCUT2D eigenvalue weighted by atomic mass is 32.1. The molecule has 0 aliphatic heterocycles. The SMILES string of the molecule is O=[N+]([O-])c1c(O)cc2sccc2c1O. The lowest BCUT2D eigenvalue weighted by atomic mass is 10.2. The highest BCUT2D eigenvalue weighted by molar-refractivity contribution is 7.17. The molecule has 1 aromatic carbocycles. The van der Waals surface area contributed by atoms with Gasteiger partial charge in [-0.05, 0) is 11.4 Å². The van der Waals surface area contributed by atoms with Crippen molar-refractivity contribution in [1.29, 1.82) is 0 Å². The van der Waals surface area contributed by atoms with Gasteiger partial charge < -0.3 is 10.2 Å². The first-order valence-corrected chi connectivity index (χ1v) is 4.55. The van der Waals surface area contributed by atoms with Crippen molar-refractivity contribution >= 4 is 27.1 Å². The number of nitrogens with zero attached hydrogens (tertiary/aromatic N) is 1. The molecule has 14 heavy (non-hydrogen) atoms. The highest BCUT2D eigenvalue weighted by Crippen LogP contribution is 2.43. The number of nitro benzene ring substituents is 1. The van der Waals surface area contributed by atoms with Crippen molar-refractivity contribution < 1.29 is 15.1 Å². The fourth-order valence-corrected chi connectivity index (χ4v) is 2.07. The number of phenolic OH excluding ortho intramolecular Hbond substituents is 2. The van der Waals surface area contributed by atoms with Gasteiger partial charge in [-0.3, -0.25) is 10.1 Å². The van der Waals surface area contributed by atoms with Gasteiger partial charge >= 0.3 is 5.69 Å². The monoisotopic (exact) mass is 211 g/mol. The minimum absolute atomic E-state index is 0.388. The van der Waals surface area contributed by atoms with Crippen LogP contribution in [0.15, 0.2) is 17.5 Å². The molecule has 2 aromatic rings. The van der Waals surface area contributed by atoms with E-state index in [1.165, 1.54) is 17.4 Å². The van der Waals surface area contributed by atoms with E-state index in [9.17, 15) is 20.3 Å². The highest BCUT2D eigenvalue weighted by Gasteiger charge is 2.22. The number of hydrogen-bond donors (Lipinski definition) is 2. The second-order valence-electron chi connectivity index (χ2n) is 2.68. The predicted octanol–water partition coefficient (Wildman–Crippen LogP) is 2.22. The smallest absolute Gasteiger partial charge is 0.352 e. The lowest BCUT2D eigenvalue weighted by Crippen LogP contribution is -1.89. The van der Waals surface area contributed by atoms with Crippen LogP contribution in [0.3, 0.4) is 0 Å². The molecule has 0 atom stereocenters. The number of aromatic hydroxyl groups is 2. The second kappa shape index (κ2) is 2.85. The van der Waals surface area contributed by atoms with E-state index in [1.807, 2.05) is 0 Å². The van der Waals surface area contributed by atoms with E-state index in [4.69, 9.17) is 0 Å². The molecular weight excluding hydrogens is 206 g/mol. The van der Waals surface area contributed by atoms with Crippen LogP contribution in [0.4, 0.5) is 5.69 Å². The normalized spacial score (nSPS) is 10.6. The van der Waals surface area contributed by atoms with Crippen LogP contribution in [0.2, 0.25) is 0 Å². The minimum atomic E-state index is -0.804. The molecule has 0 unspecified atom stereocenters. The Morgan fingerprint density at radius 1 is 1.43 bits per heavy atom. The standard InChI is InChI=1S/C8H5NO4S/c10-5-3-6-4(1-2-14-6)8(11)7(5)9(12)13/h1-3,10-11H. The Morgan fingerprint density at radius 2 is 2.14 bits per heavy atom. The Kier molecular flexibility index (Phi) is 1.78. The van der Waals surface area contributed by atoms with Crippen LogP contribution in [-0.2, 0) is 0 Å². The second-order valence-corrected chi connectivity index (χ2v) is 3.63. The molecule has 0 amide bonds. The van der Waals surface area contributed by atoms with Crippen molar-refractivity contribution in [3.8, 4) is 11.5 Å². The lowest BCUT2D eigenvalue weighted by Gasteiger charge is -1.99. The van der Waals surface area contributed by atoms with Crippen molar-refractivity contribution in [2.45, 2.75) is 0 Å². The number of nitro groups is 1. The Morgan fingerprint density at radius 3 is 2.79 bits per heavy atom. The molecule has 0 saturated carbocycles. The molecule has 0 saturated heterocycles. The van der Waals surface area contributed by atoms with Gasteiger partial charge in [0.25, 0.3) is 0 Å². The molecule has 1 aromatic heterocycles.